The van der Waals surface area contributed by atoms with E-state index in [1.54, 1.807) is 6.08 Å². The summed E-state index contributed by atoms with van der Waals surface area (Å²) < 4.78 is 17.7. The smallest absolute Gasteiger partial charge is 0.306 e. The van der Waals surface area contributed by atoms with Crippen molar-refractivity contribution in [1.82, 2.24) is 5.32 Å². The van der Waals surface area contributed by atoms with E-state index in [0.717, 1.165) is 96.3 Å². The summed E-state index contributed by atoms with van der Waals surface area (Å²) in [6.07, 6.45) is 63.7. The Morgan fingerprint density at radius 2 is 0.852 bits per heavy atom. The predicted molar refractivity (Wildman–Crippen MR) is 338 cm³/mol. The van der Waals surface area contributed by atoms with E-state index >= 15 is 0 Å². The minimum atomic E-state index is -1.62. The van der Waals surface area contributed by atoms with Crippen molar-refractivity contribution in [2.45, 2.75) is 346 Å². The molecule has 0 aromatic carbocycles. The molecule has 0 bridgehead atoms. The van der Waals surface area contributed by atoms with Crippen molar-refractivity contribution < 1.29 is 49.3 Å². The van der Waals surface area contributed by atoms with Gasteiger partial charge in [-0.3, -0.25) is 9.59 Å². The van der Waals surface area contributed by atoms with Gasteiger partial charge >= 0.3 is 5.97 Å². The molecule has 11 heteroatoms. The zero-order chi connectivity index (χ0) is 58.9. The lowest BCUT2D eigenvalue weighted by molar-refractivity contribution is -0.305. The van der Waals surface area contributed by atoms with E-state index in [-0.39, 0.29) is 19.4 Å². The molecule has 0 saturated carbocycles. The summed E-state index contributed by atoms with van der Waals surface area (Å²) in [4.78, 5) is 26.6. The molecular weight excluding hydrogens is 1010 g/mol. The third-order valence-electron chi connectivity index (χ3n) is 15.6. The van der Waals surface area contributed by atoms with Crippen LogP contribution in [0.1, 0.15) is 297 Å². The van der Waals surface area contributed by atoms with Crippen LogP contribution in [0.5, 0.6) is 0 Å². The van der Waals surface area contributed by atoms with Crippen LogP contribution >= 0.6 is 0 Å². The Hall–Kier alpha value is -2.90. The Kier molecular flexibility index (Phi) is 54.1. The molecule has 0 spiro atoms. The van der Waals surface area contributed by atoms with Gasteiger partial charge in [0.2, 0.25) is 5.91 Å². The molecule has 1 fully saturated rings. The average Bonchev–Trinajstić information content (AvgIpc) is 3.52. The fourth-order valence-corrected chi connectivity index (χ4v) is 10.2. The quantitative estimate of drug-likeness (QED) is 0.0195. The number of carbonyl (C=O) groups excluding carboxylic acids is 2. The maximum Gasteiger partial charge on any atom is 0.306 e. The van der Waals surface area contributed by atoms with Gasteiger partial charge in [-0.2, -0.15) is 0 Å². The summed E-state index contributed by atoms with van der Waals surface area (Å²) in [5, 5.41) is 57.1. The number of aliphatic hydroxyl groups excluding tert-OH is 5. The van der Waals surface area contributed by atoms with Crippen LogP contribution in [0.4, 0.5) is 0 Å². The molecule has 1 rings (SSSR count). The van der Waals surface area contributed by atoms with Gasteiger partial charge < -0.3 is 45.1 Å². The monoisotopic (exact) mass is 1140 g/mol. The second kappa shape index (κ2) is 57.5. The van der Waals surface area contributed by atoms with Crippen LogP contribution in [0, 0.1) is 0 Å². The first-order valence-electron chi connectivity index (χ1n) is 33.7. The average molecular weight is 1140 g/mol. The molecule has 1 saturated heterocycles. The number of unbranched alkanes of at least 4 members (excludes halogenated alkanes) is 33. The molecule has 11 nitrogen and oxygen atoms in total. The van der Waals surface area contributed by atoms with Crippen molar-refractivity contribution in [3.63, 3.8) is 0 Å². The zero-order valence-electron chi connectivity index (χ0n) is 52.1. The van der Waals surface area contributed by atoms with E-state index in [2.05, 4.69) is 86.8 Å². The molecule has 0 radical (unpaired) electrons. The Bertz CT molecular complexity index is 1590. The van der Waals surface area contributed by atoms with Gasteiger partial charge in [-0.15, -0.1) is 0 Å². The Morgan fingerprint density at radius 3 is 1.30 bits per heavy atom. The maximum atomic E-state index is 13.4. The van der Waals surface area contributed by atoms with Crippen molar-refractivity contribution in [2.24, 2.45) is 0 Å². The van der Waals surface area contributed by atoms with E-state index in [9.17, 15) is 35.1 Å². The Morgan fingerprint density at radius 1 is 0.481 bits per heavy atom. The fourth-order valence-electron chi connectivity index (χ4n) is 10.2. The largest absolute Gasteiger partial charge is 0.454 e. The minimum absolute atomic E-state index is 0.119. The van der Waals surface area contributed by atoms with E-state index < -0.39 is 67.4 Å². The van der Waals surface area contributed by atoms with Crippen LogP contribution in [0.25, 0.3) is 0 Å². The van der Waals surface area contributed by atoms with E-state index in [0.29, 0.717) is 12.8 Å². The summed E-state index contributed by atoms with van der Waals surface area (Å²) in [6, 6.07) is -1.03. The lowest BCUT2D eigenvalue weighted by Gasteiger charge is -2.41. The van der Waals surface area contributed by atoms with Crippen molar-refractivity contribution in [1.29, 1.82) is 0 Å². The molecule has 6 N–H and O–H groups in total. The number of ether oxygens (including phenoxy) is 3. The SMILES string of the molecule is CCCCC/C=C\C/C=C\C/C=C\CCCCCCCCCCCCCCC(=O)OC1C(OCC(NC(=O)C(O)CCCCCCCC/C=C\C/C=C\CCCCC)C(O)/C=C/CCCCCCCCCCC)OC(CO)C(O)C1O. The number of carbonyl (C=O) groups is 2. The van der Waals surface area contributed by atoms with Gasteiger partial charge in [0.25, 0.3) is 0 Å². The first-order valence-corrected chi connectivity index (χ1v) is 33.7. The lowest BCUT2D eigenvalue weighted by Crippen LogP contribution is -2.61. The number of amides is 1. The summed E-state index contributed by atoms with van der Waals surface area (Å²) in [6.45, 7) is 5.74. The van der Waals surface area contributed by atoms with Crippen LogP contribution in [-0.4, -0.2) is 99.6 Å². The number of hydrogen-bond donors (Lipinski definition) is 6. The third-order valence-corrected chi connectivity index (χ3v) is 15.6. The van der Waals surface area contributed by atoms with Crippen LogP contribution in [0.3, 0.4) is 0 Å². The molecule has 0 aromatic heterocycles. The number of nitrogens with one attached hydrogen (secondary N) is 1. The first-order chi connectivity index (χ1) is 39.7. The van der Waals surface area contributed by atoms with Gasteiger partial charge in [-0.1, -0.05) is 267 Å². The molecule has 470 valence electrons. The first kappa shape index (κ1) is 76.1. The van der Waals surface area contributed by atoms with Crippen LogP contribution in [0.15, 0.2) is 72.9 Å². The third kappa shape index (κ3) is 45.2. The van der Waals surface area contributed by atoms with Gasteiger partial charge in [0, 0.05) is 6.42 Å². The van der Waals surface area contributed by atoms with Crippen LogP contribution in [-0.2, 0) is 23.8 Å². The molecule has 8 unspecified atom stereocenters. The number of rotatable bonds is 57. The number of hydrogen-bond acceptors (Lipinski definition) is 10. The van der Waals surface area contributed by atoms with Crippen molar-refractivity contribution >= 4 is 11.9 Å². The zero-order valence-corrected chi connectivity index (χ0v) is 52.1. The van der Waals surface area contributed by atoms with Crippen molar-refractivity contribution in [3.05, 3.63) is 72.9 Å². The highest BCUT2D eigenvalue weighted by Crippen LogP contribution is 2.26. The highest BCUT2D eigenvalue weighted by molar-refractivity contribution is 5.80. The standard InChI is InChI=1S/C70H125NO10/c1-4-7-10-13-16-19-22-24-26-28-29-30-31-32-33-34-35-36-38-40-43-46-49-52-55-58-65(75)81-68-67(77)66(76)64(59-72)80-70(68)79-60-61(62(73)56-53-50-47-44-41-21-18-15-12-9-6-3)71-69(78)63(74)57-54-51-48-45-42-39-37-27-25-23-20-17-14-11-8-5-2/h16-17,19-20,24-27,29-30,53,56,61-64,66-68,70,72-74,76-77H,4-15,18,21-23,28,31-52,54-55,57-60H2,1-3H3,(H,71,78)/b19-16-,20-17-,26-24-,27-25-,30-29-,56-53+. The molecular formula is C70H125NO10. The Balaban J connectivity index is 2.58. The summed E-state index contributed by atoms with van der Waals surface area (Å²) in [5.74, 6) is -1.20. The minimum Gasteiger partial charge on any atom is -0.454 e. The topological polar surface area (TPSA) is 175 Å². The van der Waals surface area contributed by atoms with Gasteiger partial charge in [0.05, 0.1) is 25.4 Å². The molecule has 1 amide bonds. The normalized spacial score (nSPS) is 19.1. The van der Waals surface area contributed by atoms with Gasteiger partial charge in [0.1, 0.15) is 24.4 Å². The molecule has 1 aliphatic heterocycles. The molecule has 0 aliphatic carbocycles. The summed E-state index contributed by atoms with van der Waals surface area (Å²) in [5.41, 5.74) is 0. The van der Waals surface area contributed by atoms with Gasteiger partial charge in [0.15, 0.2) is 12.4 Å². The molecule has 0 aromatic rings. The molecule has 1 heterocycles. The second-order valence-corrected chi connectivity index (χ2v) is 23.2. The highest BCUT2D eigenvalue weighted by atomic mass is 16.7. The van der Waals surface area contributed by atoms with Crippen molar-refractivity contribution in [2.75, 3.05) is 13.2 Å². The van der Waals surface area contributed by atoms with E-state index in [1.807, 2.05) is 6.08 Å². The number of allylic oxidation sites excluding steroid dienone is 11. The molecule has 1 aliphatic rings. The van der Waals surface area contributed by atoms with Gasteiger partial charge in [-0.25, -0.2) is 0 Å². The Labute approximate surface area is 496 Å². The number of esters is 1. The summed E-state index contributed by atoms with van der Waals surface area (Å²) >= 11 is 0. The van der Waals surface area contributed by atoms with E-state index in [4.69, 9.17) is 14.2 Å². The summed E-state index contributed by atoms with van der Waals surface area (Å²) in [7, 11) is 0. The fraction of sp³-hybridized carbons (Fsp3) is 0.800. The van der Waals surface area contributed by atoms with Crippen LogP contribution < -0.4 is 5.32 Å². The highest BCUT2D eigenvalue weighted by Gasteiger charge is 2.47. The second-order valence-electron chi connectivity index (χ2n) is 23.2. The predicted octanol–water partition coefficient (Wildman–Crippen LogP) is 16.7. The maximum absolute atomic E-state index is 13.4. The van der Waals surface area contributed by atoms with E-state index in [1.165, 1.54) is 154 Å². The van der Waals surface area contributed by atoms with Crippen LogP contribution in [0.2, 0.25) is 0 Å². The van der Waals surface area contributed by atoms with Gasteiger partial charge in [-0.05, 0) is 96.3 Å². The lowest BCUT2D eigenvalue weighted by atomic mass is 9.99. The van der Waals surface area contributed by atoms with Crippen molar-refractivity contribution in [3.8, 4) is 0 Å². The molecule has 8 atom stereocenters. The number of aliphatic hydroxyl groups is 5. The molecule has 81 heavy (non-hydrogen) atoms.